The quantitative estimate of drug-likeness (QED) is 0.513. The highest BCUT2D eigenvalue weighted by molar-refractivity contribution is 5.97. The fraction of sp³-hybridized carbons (Fsp3) is 0.542. The van der Waals surface area contributed by atoms with Crippen LogP contribution in [-0.2, 0) is 18.5 Å². The van der Waals surface area contributed by atoms with Gasteiger partial charge in [0.15, 0.2) is 0 Å². The van der Waals surface area contributed by atoms with Gasteiger partial charge in [-0.2, -0.15) is 26.3 Å². The molecule has 196 valence electrons. The van der Waals surface area contributed by atoms with E-state index in [4.69, 9.17) is 0 Å². The fourth-order valence-corrected chi connectivity index (χ4v) is 5.06. The summed E-state index contributed by atoms with van der Waals surface area (Å²) in [6.07, 6.45) is -7.00. The lowest BCUT2D eigenvalue weighted by molar-refractivity contribution is -0.301. The molecule has 0 amide bonds. The predicted octanol–water partition coefficient (Wildman–Crippen LogP) is 5.28. The fourth-order valence-electron chi connectivity index (χ4n) is 5.06. The van der Waals surface area contributed by atoms with E-state index in [2.05, 4.69) is 10.3 Å². The van der Waals surface area contributed by atoms with Gasteiger partial charge in [-0.05, 0) is 24.3 Å². The molecule has 36 heavy (non-hydrogen) atoms. The maximum Gasteiger partial charge on any atom is 0.427 e. The smallest absolute Gasteiger partial charge is 0.330 e. The van der Waals surface area contributed by atoms with Crippen molar-refractivity contribution >= 4 is 11.7 Å². The third-order valence-corrected chi connectivity index (χ3v) is 6.93. The molecule has 0 saturated heterocycles. The van der Waals surface area contributed by atoms with Crippen molar-refractivity contribution in [3.8, 4) is 0 Å². The molecule has 12 heteroatoms. The minimum Gasteiger partial charge on any atom is -0.330 e. The summed E-state index contributed by atoms with van der Waals surface area (Å²) in [4.78, 5) is 30.0. The average Bonchev–Trinajstić information content (AvgIpc) is 2.81. The van der Waals surface area contributed by atoms with Crippen LogP contribution in [0.15, 0.2) is 44.9 Å². The maximum absolute atomic E-state index is 14.3. The lowest BCUT2D eigenvalue weighted by Crippen LogP contribution is -2.59. The Bertz CT molecular complexity index is 1210. The molecule has 2 aromatic rings. The molecule has 0 radical (unpaired) electrons. The number of aromatic amines is 1. The number of nitrogens with zero attached hydrogens (tertiary/aromatic N) is 2. The summed E-state index contributed by atoms with van der Waals surface area (Å²) in [6.45, 7) is -0.253. The van der Waals surface area contributed by atoms with Crippen LogP contribution in [0.4, 0.5) is 32.2 Å². The van der Waals surface area contributed by atoms with Gasteiger partial charge in [-0.25, -0.2) is 9.79 Å². The molecule has 2 N–H and O–H groups in total. The number of nitrogens with one attached hydrogen (secondary N) is 2. The normalized spacial score (nSPS) is 18.3. The van der Waals surface area contributed by atoms with Gasteiger partial charge >= 0.3 is 18.0 Å². The van der Waals surface area contributed by atoms with Gasteiger partial charge in [0.2, 0.25) is 0 Å². The van der Waals surface area contributed by atoms with Crippen LogP contribution in [0.3, 0.4) is 0 Å². The molecule has 2 heterocycles. The molecule has 1 fully saturated rings. The first-order chi connectivity index (χ1) is 16.9. The van der Waals surface area contributed by atoms with Crippen molar-refractivity contribution in [3.05, 3.63) is 62.3 Å². The van der Waals surface area contributed by atoms with Crippen molar-refractivity contribution in [2.24, 2.45) is 10.9 Å². The first-order valence-electron chi connectivity index (χ1n) is 11.8. The zero-order valence-corrected chi connectivity index (χ0v) is 19.3. The number of fused-ring (bicyclic) bond motifs is 1. The summed E-state index contributed by atoms with van der Waals surface area (Å²) >= 11 is 0. The molecule has 1 aromatic heterocycles. The van der Waals surface area contributed by atoms with Crippen molar-refractivity contribution in [2.45, 2.75) is 75.8 Å². The number of alkyl halides is 6. The zero-order valence-electron chi connectivity index (χ0n) is 19.3. The van der Waals surface area contributed by atoms with Crippen LogP contribution in [0.2, 0.25) is 0 Å². The van der Waals surface area contributed by atoms with E-state index < -0.39 is 46.4 Å². The van der Waals surface area contributed by atoms with Crippen LogP contribution in [-0.4, -0.2) is 27.7 Å². The van der Waals surface area contributed by atoms with E-state index in [0.29, 0.717) is 12.0 Å². The van der Waals surface area contributed by atoms with Crippen molar-refractivity contribution in [1.82, 2.24) is 9.55 Å². The first kappa shape index (κ1) is 26.0. The van der Waals surface area contributed by atoms with Crippen LogP contribution in [0.1, 0.15) is 56.1 Å². The number of hydrogen-bond donors (Lipinski definition) is 2. The maximum atomic E-state index is 14.3. The standard InChI is InChI=1S/C24H26F6N4O2/c25-23(26,27)22(24(28,29)30)18-19(31-17(33-22)12-11-15-7-3-1-4-8-15)34(21(36)32-20(18)35)14-13-16-9-5-2-6-10-16/h2,5-6,9-10,15H,1,3-4,7-8,11-14H2,(H,31,33)(H,32,35,36). The number of halogens is 6. The van der Waals surface area contributed by atoms with E-state index in [0.717, 1.165) is 36.7 Å². The Morgan fingerprint density at radius 1 is 0.944 bits per heavy atom. The summed E-state index contributed by atoms with van der Waals surface area (Å²) < 4.78 is 86.6. The Kier molecular flexibility index (Phi) is 7.07. The average molecular weight is 516 g/mol. The van der Waals surface area contributed by atoms with Gasteiger partial charge in [0.05, 0.1) is 0 Å². The Morgan fingerprint density at radius 2 is 1.58 bits per heavy atom. The van der Waals surface area contributed by atoms with Crippen LogP contribution in [0.25, 0.3) is 0 Å². The van der Waals surface area contributed by atoms with Crippen molar-refractivity contribution < 1.29 is 26.3 Å². The second-order valence-electron chi connectivity index (χ2n) is 9.30. The number of amidine groups is 1. The topological polar surface area (TPSA) is 79.2 Å². The molecule has 0 spiro atoms. The second kappa shape index (κ2) is 9.78. The summed E-state index contributed by atoms with van der Waals surface area (Å²) in [5, 5.41) is 2.52. The largest absolute Gasteiger partial charge is 0.427 e. The van der Waals surface area contributed by atoms with E-state index in [9.17, 15) is 35.9 Å². The van der Waals surface area contributed by atoms with Crippen molar-refractivity contribution in [2.75, 3.05) is 5.32 Å². The summed E-state index contributed by atoms with van der Waals surface area (Å²) in [5.74, 6) is -1.19. The molecule has 6 nitrogen and oxygen atoms in total. The van der Waals surface area contributed by atoms with Crippen LogP contribution in [0, 0.1) is 5.92 Å². The number of anilines is 1. The summed E-state index contributed by atoms with van der Waals surface area (Å²) in [6, 6.07) is 8.60. The van der Waals surface area contributed by atoms with E-state index in [-0.39, 0.29) is 25.3 Å². The molecule has 0 atom stereocenters. The highest BCUT2D eigenvalue weighted by Crippen LogP contribution is 2.55. The molecule has 1 aliphatic carbocycles. The van der Waals surface area contributed by atoms with Crippen molar-refractivity contribution in [3.63, 3.8) is 0 Å². The van der Waals surface area contributed by atoms with Crippen molar-refractivity contribution in [1.29, 1.82) is 0 Å². The van der Waals surface area contributed by atoms with E-state index >= 15 is 0 Å². The molecule has 0 bridgehead atoms. The number of benzene rings is 1. The van der Waals surface area contributed by atoms with E-state index in [1.54, 1.807) is 35.3 Å². The Balaban J connectivity index is 1.83. The van der Waals surface area contributed by atoms with Gasteiger partial charge in [-0.3, -0.25) is 14.3 Å². The number of aliphatic imine (C=N–C) groups is 1. The van der Waals surface area contributed by atoms with Gasteiger partial charge in [0.25, 0.3) is 11.1 Å². The number of H-pyrrole nitrogens is 1. The molecule has 1 saturated carbocycles. The minimum atomic E-state index is -5.98. The molecule has 0 unspecified atom stereocenters. The molecule has 1 aromatic carbocycles. The van der Waals surface area contributed by atoms with Gasteiger partial charge in [-0.1, -0.05) is 62.4 Å². The predicted molar refractivity (Wildman–Crippen MR) is 122 cm³/mol. The van der Waals surface area contributed by atoms with Gasteiger partial charge in [-0.15, -0.1) is 0 Å². The Labute approximate surface area is 202 Å². The third kappa shape index (κ3) is 4.81. The van der Waals surface area contributed by atoms with Gasteiger partial charge in [0, 0.05) is 13.0 Å². The van der Waals surface area contributed by atoms with Gasteiger partial charge in [0.1, 0.15) is 17.2 Å². The van der Waals surface area contributed by atoms with E-state index in [1.165, 1.54) is 0 Å². The molecule has 4 rings (SSSR count). The molecular formula is C24H26F6N4O2. The van der Waals surface area contributed by atoms with Crippen LogP contribution < -0.4 is 16.6 Å². The number of aryl methyl sites for hydroxylation is 1. The van der Waals surface area contributed by atoms with E-state index in [1.807, 2.05) is 0 Å². The van der Waals surface area contributed by atoms with Crippen LogP contribution >= 0.6 is 0 Å². The number of aromatic nitrogens is 2. The van der Waals surface area contributed by atoms with Crippen LogP contribution in [0.5, 0.6) is 0 Å². The minimum absolute atomic E-state index is 0.139. The molecule has 1 aliphatic heterocycles. The number of rotatable bonds is 6. The third-order valence-electron chi connectivity index (χ3n) is 6.93. The monoisotopic (exact) mass is 516 g/mol. The molecule has 2 aliphatic rings. The lowest BCUT2D eigenvalue weighted by Gasteiger charge is -2.39. The van der Waals surface area contributed by atoms with Gasteiger partial charge < -0.3 is 5.32 Å². The summed E-state index contributed by atoms with van der Waals surface area (Å²) in [5.41, 5.74) is -8.63. The highest BCUT2D eigenvalue weighted by Gasteiger charge is 2.75. The second-order valence-corrected chi connectivity index (χ2v) is 9.30. The SMILES string of the molecule is O=c1[nH]c(=O)n(CCc2ccccc2)c2c1C(C(F)(F)F)(C(F)(F)F)N=C(CCC1CCCCC1)N2. The highest BCUT2D eigenvalue weighted by atomic mass is 19.4. The number of hydrogen-bond acceptors (Lipinski definition) is 4. The Hall–Kier alpha value is -3.05. The lowest BCUT2D eigenvalue weighted by atomic mass is 9.85. The molecular weight excluding hydrogens is 490 g/mol. The Morgan fingerprint density at radius 3 is 2.19 bits per heavy atom. The first-order valence-corrected chi connectivity index (χ1v) is 11.8. The summed E-state index contributed by atoms with van der Waals surface area (Å²) in [7, 11) is 0. The zero-order chi connectivity index (χ0) is 26.1.